The first-order valence-electron chi connectivity index (χ1n) is 8.11. The molecule has 2 aliphatic heterocycles. The molecule has 0 bridgehead atoms. The van der Waals surface area contributed by atoms with E-state index in [9.17, 15) is 4.79 Å². The zero-order chi connectivity index (χ0) is 15.1. The van der Waals surface area contributed by atoms with Gasteiger partial charge in [0.05, 0.1) is 5.02 Å². The molecule has 0 radical (unpaired) electrons. The second-order valence-electron chi connectivity index (χ2n) is 6.54. The molecule has 1 amide bonds. The number of hydrogen-bond acceptors (Lipinski definition) is 3. The number of hydrogen-bond donors (Lipinski definition) is 0. The smallest absolute Gasteiger partial charge is 0.254 e. The predicted octanol–water partition coefficient (Wildman–Crippen LogP) is 3.72. The number of carbonyl (C=O) groups excluding carboxylic acids is 1. The van der Waals surface area contributed by atoms with E-state index in [1.807, 2.05) is 4.90 Å². The maximum atomic E-state index is 12.8. The number of nitrogens with zero attached hydrogens (tertiary/aromatic N) is 1. The lowest BCUT2D eigenvalue weighted by atomic mass is 9.75. The topological polar surface area (TPSA) is 38.8 Å². The number of ether oxygens (including phenoxy) is 2. The number of carbonyl (C=O) groups is 1. The van der Waals surface area contributed by atoms with Crippen molar-refractivity contribution in [3.63, 3.8) is 0 Å². The molecule has 1 aromatic carbocycles. The summed E-state index contributed by atoms with van der Waals surface area (Å²) in [7, 11) is 0. The molecule has 1 aliphatic carbocycles. The summed E-state index contributed by atoms with van der Waals surface area (Å²) in [5, 5.41) is 0.450. The van der Waals surface area contributed by atoms with E-state index in [1.165, 1.54) is 25.7 Å². The third-order valence-electron chi connectivity index (χ3n) is 5.25. The normalized spacial score (nSPS) is 26.7. The summed E-state index contributed by atoms with van der Waals surface area (Å²) in [5.41, 5.74) is 0.600. The highest BCUT2D eigenvalue weighted by atomic mass is 35.5. The van der Waals surface area contributed by atoms with Crippen molar-refractivity contribution in [2.75, 3.05) is 19.9 Å². The first kappa shape index (κ1) is 14.2. The van der Waals surface area contributed by atoms with Gasteiger partial charge in [0.2, 0.25) is 6.79 Å². The van der Waals surface area contributed by atoms with Crippen LogP contribution in [0.4, 0.5) is 0 Å². The third-order valence-corrected chi connectivity index (χ3v) is 5.53. The SMILES string of the molecule is O=C(c1cc(Cl)c2c(c1)OCO2)N1CC[C@H]2CCCC[C@@H]2C1. The van der Waals surface area contributed by atoms with E-state index in [0.717, 1.165) is 25.4 Å². The average molecular weight is 322 g/mol. The predicted molar refractivity (Wildman–Crippen MR) is 83.5 cm³/mol. The van der Waals surface area contributed by atoms with Crippen LogP contribution in [0, 0.1) is 11.8 Å². The van der Waals surface area contributed by atoms with Gasteiger partial charge >= 0.3 is 0 Å². The van der Waals surface area contributed by atoms with E-state index in [2.05, 4.69) is 0 Å². The van der Waals surface area contributed by atoms with E-state index < -0.39 is 0 Å². The quantitative estimate of drug-likeness (QED) is 0.791. The van der Waals surface area contributed by atoms with Crippen LogP contribution in [0.3, 0.4) is 0 Å². The van der Waals surface area contributed by atoms with Crippen LogP contribution in [0.25, 0.3) is 0 Å². The highest BCUT2D eigenvalue weighted by Gasteiger charge is 2.33. The summed E-state index contributed by atoms with van der Waals surface area (Å²) < 4.78 is 10.7. The van der Waals surface area contributed by atoms with Crippen LogP contribution in [0.5, 0.6) is 11.5 Å². The highest BCUT2D eigenvalue weighted by Crippen LogP contribution is 2.41. The van der Waals surface area contributed by atoms with Crippen LogP contribution in [0.1, 0.15) is 42.5 Å². The van der Waals surface area contributed by atoms with Crippen molar-refractivity contribution < 1.29 is 14.3 Å². The van der Waals surface area contributed by atoms with E-state index in [-0.39, 0.29) is 12.7 Å². The van der Waals surface area contributed by atoms with Crippen molar-refractivity contribution in [1.82, 2.24) is 4.90 Å². The molecule has 22 heavy (non-hydrogen) atoms. The van der Waals surface area contributed by atoms with Crippen molar-refractivity contribution in [2.24, 2.45) is 11.8 Å². The van der Waals surface area contributed by atoms with Crippen LogP contribution < -0.4 is 9.47 Å². The number of halogens is 1. The van der Waals surface area contributed by atoms with Gasteiger partial charge in [-0.3, -0.25) is 4.79 Å². The molecule has 5 heteroatoms. The molecule has 2 heterocycles. The van der Waals surface area contributed by atoms with Gasteiger partial charge in [0.15, 0.2) is 11.5 Å². The van der Waals surface area contributed by atoms with E-state index in [1.54, 1.807) is 12.1 Å². The van der Waals surface area contributed by atoms with Gasteiger partial charge in [0.25, 0.3) is 5.91 Å². The van der Waals surface area contributed by atoms with Gasteiger partial charge in [-0.15, -0.1) is 0 Å². The summed E-state index contributed by atoms with van der Waals surface area (Å²) in [6.07, 6.45) is 6.39. The zero-order valence-corrected chi connectivity index (χ0v) is 13.3. The number of amides is 1. The molecule has 1 saturated heterocycles. The van der Waals surface area contributed by atoms with Crippen LogP contribution in [-0.4, -0.2) is 30.7 Å². The van der Waals surface area contributed by atoms with Crippen LogP contribution in [-0.2, 0) is 0 Å². The van der Waals surface area contributed by atoms with Crippen molar-refractivity contribution >= 4 is 17.5 Å². The van der Waals surface area contributed by atoms with Gasteiger partial charge in [-0.2, -0.15) is 0 Å². The van der Waals surface area contributed by atoms with Gasteiger partial charge in [-0.25, -0.2) is 0 Å². The lowest BCUT2D eigenvalue weighted by molar-refractivity contribution is 0.0520. The Balaban J connectivity index is 1.53. The van der Waals surface area contributed by atoms with Crippen molar-refractivity contribution in [3.8, 4) is 11.5 Å². The van der Waals surface area contributed by atoms with Gasteiger partial charge in [-0.1, -0.05) is 30.9 Å². The summed E-state index contributed by atoms with van der Waals surface area (Å²) in [6.45, 7) is 1.90. The van der Waals surface area contributed by atoms with Gasteiger partial charge in [-0.05, 0) is 36.8 Å². The Morgan fingerprint density at radius 2 is 1.95 bits per heavy atom. The van der Waals surface area contributed by atoms with Gasteiger partial charge in [0.1, 0.15) is 0 Å². The molecule has 2 fully saturated rings. The number of benzene rings is 1. The number of rotatable bonds is 1. The molecule has 2 atom stereocenters. The molecule has 118 valence electrons. The zero-order valence-electron chi connectivity index (χ0n) is 12.5. The molecule has 4 rings (SSSR count). The maximum absolute atomic E-state index is 12.8. The van der Waals surface area contributed by atoms with Gasteiger partial charge in [0, 0.05) is 18.7 Å². The third kappa shape index (κ3) is 2.43. The van der Waals surface area contributed by atoms with Crippen molar-refractivity contribution in [2.45, 2.75) is 32.1 Å². The fourth-order valence-electron chi connectivity index (χ4n) is 4.06. The van der Waals surface area contributed by atoms with E-state index >= 15 is 0 Å². The monoisotopic (exact) mass is 321 g/mol. The Labute approximate surface area is 135 Å². The van der Waals surface area contributed by atoms with Crippen molar-refractivity contribution in [1.29, 1.82) is 0 Å². The van der Waals surface area contributed by atoms with Crippen molar-refractivity contribution in [3.05, 3.63) is 22.7 Å². The lowest BCUT2D eigenvalue weighted by Gasteiger charge is -2.41. The molecule has 0 N–H and O–H groups in total. The molecule has 1 saturated carbocycles. The number of fused-ring (bicyclic) bond motifs is 2. The Bertz CT molecular complexity index is 604. The number of piperidine rings is 1. The summed E-state index contributed by atoms with van der Waals surface area (Å²) in [5.74, 6) is 2.67. The highest BCUT2D eigenvalue weighted by molar-refractivity contribution is 6.32. The molecule has 0 spiro atoms. The molecular formula is C17H20ClNO3. The average Bonchev–Trinajstić information content (AvgIpc) is 3.03. The second kappa shape index (κ2) is 5.65. The number of likely N-dealkylation sites (tertiary alicyclic amines) is 1. The molecule has 0 aromatic heterocycles. The Hall–Kier alpha value is -1.42. The minimum Gasteiger partial charge on any atom is -0.454 e. The van der Waals surface area contributed by atoms with E-state index in [0.29, 0.717) is 28.0 Å². The Morgan fingerprint density at radius 3 is 2.82 bits per heavy atom. The first-order valence-corrected chi connectivity index (χ1v) is 8.48. The minimum absolute atomic E-state index is 0.0595. The van der Waals surface area contributed by atoms with E-state index in [4.69, 9.17) is 21.1 Å². The maximum Gasteiger partial charge on any atom is 0.254 e. The summed E-state index contributed by atoms with van der Waals surface area (Å²) >= 11 is 6.19. The second-order valence-corrected chi connectivity index (χ2v) is 6.94. The molecular weight excluding hydrogens is 302 g/mol. The summed E-state index contributed by atoms with van der Waals surface area (Å²) in [6, 6.07) is 3.45. The minimum atomic E-state index is 0.0595. The van der Waals surface area contributed by atoms with Crippen LogP contribution >= 0.6 is 11.6 Å². The van der Waals surface area contributed by atoms with Crippen LogP contribution in [0.15, 0.2) is 12.1 Å². The standard InChI is InChI=1S/C17H20ClNO3/c18-14-7-13(8-15-16(14)22-10-21-15)17(20)19-6-5-11-3-1-2-4-12(11)9-19/h7-8,11-12H,1-6,9-10H2/t11-,12-/m1/s1. The fourth-order valence-corrected chi connectivity index (χ4v) is 4.32. The Kier molecular flexibility index (Phi) is 3.65. The summed E-state index contributed by atoms with van der Waals surface area (Å²) in [4.78, 5) is 14.8. The molecule has 1 aromatic rings. The van der Waals surface area contributed by atoms with Gasteiger partial charge < -0.3 is 14.4 Å². The Morgan fingerprint density at radius 1 is 1.14 bits per heavy atom. The molecule has 4 nitrogen and oxygen atoms in total. The fraction of sp³-hybridized carbons (Fsp3) is 0.588. The molecule has 0 unspecified atom stereocenters. The molecule has 3 aliphatic rings. The largest absolute Gasteiger partial charge is 0.454 e. The lowest BCUT2D eigenvalue weighted by Crippen LogP contribution is -2.44. The first-order chi connectivity index (χ1) is 10.7. The van der Waals surface area contributed by atoms with Crippen LogP contribution in [0.2, 0.25) is 5.02 Å².